The third kappa shape index (κ3) is 5.55. The summed E-state index contributed by atoms with van der Waals surface area (Å²) in [6, 6.07) is 5.05. The fourth-order valence-electron chi connectivity index (χ4n) is 3.77. The minimum atomic E-state index is -4.41. The van der Waals surface area contributed by atoms with Crippen LogP contribution >= 0.6 is 23.6 Å². The Morgan fingerprint density at radius 2 is 2.06 bits per heavy atom. The number of nitrogens with zero attached hydrogens (tertiary/aromatic N) is 3. The molecule has 0 amide bonds. The van der Waals surface area contributed by atoms with Crippen LogP contribution in [0.2, 0.25) is 0 Å². The first-order chi connectivity index (χ1) is 16.2. The quantitative estimate of drug-likeness (QED) is 0.346. The van der Waals surface area contributed by atoms with Gasteiger partial charge in [-0.2, -0.15) is 13.2 Å². The molecule has 0 aliphatic heterocycles. The molecule has 0 atom stereocenters. The van der Waals surface area contributed by atoms with Crippen LogP contribution in [0.1, 0.15) is 51.7 Å². The van der Waals surface area contributed by atoms with Gasteiger partial charge in [0.05, 0.1) is 24.3 Å². The second-order valence-electron chi connectivity index (χ2n) is 7.68. The van der Waals surface area contributed by atoms with E-state index in [2.05, 4.69) is 20.7 Å². The number of ether oxygens (including phenoxy) is 1. The average Bonchev–Trinajstić information content (AvgIpc) is 3.37. The second kappa shape index (κ2) is 10.1. The summed E-state index contributed by atoms with van der Waals surface area (Å²) in [6.07, 6.45) is 0.821. The fourth-order valence-corrected chi connectivity index (χ4v) is 5.31. The number of nitrogens with one attached hydrogen (secondary N) is 2. The van der Waals surface area contributed by atoms with E-state index in [9.17, 15) is 18.0 Å². The number of halogens is 3. The molecule has 0 fully saturated rings. The molecule has 12 heteroatoms. The first-order valence-corrected chi connectivity index (χ1v) is 11.9. The van der Waals surface area contributed by atoms with Crippen molar-refractivity contribution in [3.8, 4) is 0 Å². The summed E-state index contributed by atoms with van der Waals surface area (Å²) in [6.45, 7) is 2.15. The molecule has 2 aromatic heterocycles. The maximum absolute atomic E-state index is 12.9. The van der Waals surface area contributed by atoms with Crippen LogP contribution in [0.4, 0.5) is 24.1 Å². The Morgan fingerprint density at radius 1 is 1.26 bits per heavy atom. The van der Waals surface area contributed by atoms with Gasteiger partial charge in [0.15, 0.2) is 5.11 Å². The van der Waals surface area contributed by atoms with Crippen molar-refractivity contribution in [2.75, 3.05) is 17.2 Å². The Balaban J connectivity index is 1.44. The Morgan fingerprint density at radius 3 is 2.82 bits per heavy atom. The number of thiocarbonyl (C=S) groups is 1. The number of benzene rings is 1. The normalized spacial score (nSPS) is 13.3. The molecule has 3 aromatic rings. The molecule has 34 heavy (non-hydrogen) atoms. The number of alkyl halides is 3. The lowest BCUT2D eigenvalue weighted by molar-refractivity contribution is -0.137. The molecule has 0 bridgehead atoms. The lowest BCUT2D eigenvalue weighted by Crippen LogP contribution is -2.21. The number of aryl methyl sites for hydroxylation is 1. The van der Waals surface area contributed by atoms with E-state index < -0.39 is 11.7 Å². The predicted molar refractivity (Wildman–Crippen MR) is 127 cm³/mol. The molecule has 1 aromatic carbocycles. The minimum Gasteiger partial charge on any atom is -0.462 e. The number of anilines is 2. The second-order valence-corrected chi connectivity index (χ2v) is 9.19. The number of carbonyl (C=O) groups is 1. The number of fused-ring (bicyclic) bond motifs is 1. The van der Waals surface area contributed by atoms with Crippen LogP contribution in [0.5, 0.6) is 0 Å². The molecule has 1 aliphatic carbocycles. The highest BCUT2D eigenvalue weighted by Crippen LogP contribution is 2.38. The SMILES string of the molecule is CCOC(=O)c1c(NC(=S)Nc2ncn(Cc3cccc(C(F)(F)F)c3)n2)sc2c1CCCC2. The van der Waals surface area contributed by atoms with Crippen molar-refractivity contribution in [1.82, 2.24) is 14.8 Å². The number of aromatic nitrogens is 3. The molecule has 1 aliphatic rings. The third-order valence-corrected chi connectivity index (χ3v) is 6.65. The van der Waals surface area contributed by atoms with Gasteiger partial charge in [-0.3, -0.25) is 5.32 Å². The summed E-state index contributed by atoms with van der Waals surface area (Å²) in [5.74, 6) is -0.195. The summed E-state index contributed by atoms with van der Waals surface area (Å²) in [7, 11) is 0. The van der Waals surface area contributed by atoms with E-state index in [1.807, 2.05) is 0 Å². The van der Waals surface area contributed by atoms with Gasteiger partial charge in [-0.15, -0.1) is 16.4 Å². The van der Waals surface area contributed by atoms with E-state index in [0.717, 1.165) is 48.3 Å². The zero-order valence-electron chi connectivity index (χ0n) is 18.2. The molecular formula is C22H22F3N5O2S2. The maximum atomic E-state index is 12.9. The summed E-state index contributed by atoms with van der Waals surface area (Å²) in [4.78, 5) is 17.9. The first-order valence-electron chi connectivity index (χ1n) is 10.7. The minimum absolute atomic E-state index is 0.115. The fraction of sp³-hybridized carbons (Fsp3) is 0.364. The molecule has 0 saturated carbocycles. The number of rotatable bonds is 6. The summed E-state index contributed by atoms with van der Waals surface area (Å²) >= 11 is 6.87. The molecule has 0 saturated heterocycles. The van der Waals surface area contributed by atoms with Crippen LogP contribution in [0, 0.1) is 0 Å². The van der Waals surface area contributed by atoms with E-state index in [1.165, 1.54) is 28.4 Å². The topological polar surface area (TPSA) is 81.1 Å². The molecule has 7 nitrogen and oxygen atoms in total. The van der Waals surface area contributed by atoms with Crippen molar-refractivity contribution in [2.45, 2.75) is 45.3 Å². The third-order valence-electron chi connectivity index (χ3n) is 5.24. The number of hydrogen-bond donors (Lipinski definition) is 2. The number of carbonyl (C=O) groups excluding carboxylic acids is 1. The molecular weight excluding hydrogens is 487 g/mol. The standard InChI is InChI=1S/C22H22F3N5O2S2/c1-2-32-19(31)17-15-8-3-4-9-16(15)34-18(17)27-21(33)28-20-26-12-30(29-20)11-13-6-5-7-14(10-13)22(23,24)25/h5-7,10,12H,2-4,8-9,11H2,1H3,(H2,27,28,29,33). The van der Waals surface area contributed by atoms with Crippen molar-refractivity contribution in [1.29, 1.82) is 0 Å². The van der Waals surface area contributed by atoms with E-state index in [1.54, 1.807) is 13.0 Å². The van der Waals surface area contributed by atoms with Crippen LogP contribution in [-0.2, 0) is 30.3 Å². The molecule has 0 unspecified atom stereocenters. The van der Waals surface area contributed by atoms with Gasteiger partial charge >= 0.3 is 12.1 Å². The Labute approximate surface area is 203 Å². The van der Waals surface area contributed by atoms with Gasteiger partial charge in [0.25, 0.3) is 0 Å². The Kier molecular flexibility index (Phi) is 7.17. The van der Waals surface area contributed by atoms with E-state index in [4.69, 9.17) is 17.0 Å². The van der Waals surface area contributed by atoms with Crippen molar-refractivity contribution in [3.05, 3.63) is 57.7 Å². The molecule has 4 rings (SSSR count). The number of hydrogen-bond acceptors (Lipinski definition) is 6. The Hall–Kier alpha value is -2.99. The smallest absolute Gasteiger partial charge is 0.416 e. The van der Waals surface area contributed by atoms with Gasteiger partial charge in [-0.05, 0) is 68.1 Å². The zero-order valence-corrected chi connectivity index (χ0v) is 19.9. The highest BCUT2D eigenvalue weighted by molar-refractivity contribution is 7.80. The number of esters is 1. The monoisotopic (exact) mass is 509 g/mol. The van der Waals surface area contributed by atoms with Crippen molar-refractivity contribution in [3.63, 3.8) is 0 Å². The van der Waals surface area contributed by atoms with Gasteiger partial charge < -0.3 is 10.1 Å². The maximum Gasteiger partial charge on any atom is 0.416 e. The van der Waals surface area contributed by atoms with Crippen molar-refractivity contribution >= 4 is 45.6 Å². The van der Waals surface area contributed by atoms with E-state index in [-0.39, 0.29) is 30.2 Å². The van der Waals surface area contributed by atoms with Crippen LogP contribution in [-0.4, -0.2) is 32.5 Å². The van der Waals surface area contributed by atoms with Gasteiger partial charge in [0, 0.05) is 4.88 Å². The first kappa shape index (κ1) is 24.1. The summed E-state index contributed by atoms with van der Waals surface area (Å²) in [5.41, 5.74) is 1.26. The highest BCUT2D eigenvalue weighted by Gasteiger charge is 2.30. The van der Waals surface area contributed by atoms with Crippen LogP contribution in [0.25, 0.3) is 0 Å². The molecule has 180 valence electrons. The Bertz CT molecular complexity index is 1210. The summed E-state index contributed by atoms with van der Waals surface area (Å²) < 4.78 is 45.5. The van der Waals surface area contributed by atoms with E-state index >= 15 is 0 Å². The molecule has 0 spiro atoms. The highest BCUT2D eigenvalue weighted by atomic mass is 32.1. The predicted octanol–water partition coefficient (Wildman–Crippen LogP) is 5.27. The van der Waals surface area contributed by atoms with Crippen molar-refractivity contribution < 1.29 is 22.7 Å². The molecule has 2 N–H and O–H groups in total. The van der Waals surface area contributed by atoms with Crippen LogP contribution < -0.4 is 10.6 Å². The van der Waals surface area contributed by atoms with Crippen LogP contribution in [0.15, 0.2) is 30.6 Å². The van der Waals surface area contributed by atoms with Gasteiger partial charge in [0.1, 0.15) is 11.3 Å². The van der Waals surface area contributed by atoms with Gasteiger partial charge in [-0.1, -0.05) is 12.1 Å². The molecule has 0 radical (unpaired) electrons. The zero-order chi connectivity index (χ0) is 24.3. The number of thiophene rings is 1. The largest absolute Gasteiger partial charge is 0.462 e. The van der Waals surface area contributed by atoms with Crippen LogP contribution in [0.3, 0.4) is 0 Å². The van der Waals surface area contributed by atoms with Crippen molar-refractivity contribution in [2.24, 2.45) is 0 Å². The lowest BCUT2D eigenvalue weighted by Gasteiger charge is -2.12. The van der Waals surface area contributed by atoms with E-state index in [0.29, 0.717) is 16.1 Å². The molecule has 2 heterocycles. The van der Waals surface area contributed by atoms with Gasteiger partial charge in [0.2, 0.25) is 5.95 Å². The van der Waals surface area contributed by atoms with Gasteiger partial charge in [-0.25, -0.2) is 14.5 Å². The lowest BCUT2D eigenvalue weighted by atomic mass is 9.95. The average molecular weight is 510 g/mol. The summed E-state index contributed by atoms with van der Waals surface area (Å²) in [5, 5.41) is 11.0.